The summed E-state index contributed by atoms with van der Waals surface area (Å²) in [5, 5.41) is 0. The van der Waals surface area contributed by atoms with Crippen molar-refractivity contribution >= 4 is 23.8 Å². The number of benzene rings is 1. The highest BCUT2D eigenvalue weighted by atomic mass is 32.2. The lowest BCUT2D eigenvalue weighted by Crippen LogP contribution is -2.57. The van der Waals surface area contributed by atoms with E-state index in [4.69, 9.17) is 10.5 Å². The molecule has 1 atom stereocenters. The van der Waals surface area contributed by atoms with E-state index in [0.717, 1.165) is 17.9 Å². The number of ether oxygens (including phenoxy) is 1. The zero-order valence-electron chi connectivity index (χ0n) is 15.3. The third kappa shape index (κ3) is 6.45. The van der Waals surface area contributed by atoms with Crippen LogP contribution >= 0.6 is 11.8 Å². The number of carbonyl (C=O) groups excluding carboxylic acids is 2. The van der Waals surface area contributed by atoms with Gasteiger partial charge in [0.1, 0.15) is 22.8 Å². The topological polar surface area (TPSA) is 93.5 Å². The van der Waals surface area contributed by atoms with Gasteiger partial charge in [-0.3, -0.25) is 10.2 Å². The molecular formula is C17H25F2N3O3S. The number of amides is 2. The van der Waals surface area contributed by atoms with Crippen LogP contribution in [0.15, 0.2) is 18.2 Å². The minimum atomic E-state index is -1.78. The van der Waals surface area contributed by atoms with Gasteiger partial charge in [-0.1, -0.05) is 13.0 Å². The molecule has 9 heteroatoms. The van der Waals surface area contributed by atoms with E-state index in [2.05, 4.69) is 10.9 Å². The second kappa shape index (κ2) is 9.18. The maximum Gasteiger partial charge on any atom is 0.426 e. The summed E-state index contributed by atoms with van der Waals surface area (Å²) in [5.41, 5.74) is 7.74. The molecule has 6 nitrogen and oxygen atoms in total. The number of thioether (sulfide) groups is 1. The van der Waals surface area contributed by atoms with Crippen LogP contribution in [0.25, 0.3) is 0 Å². The van der Waals surface area contributed by atoms with Crippen LogP contribution in [0.2, 0.25) is 0 Å². The Kier molecular flexibility index (Phi) is 7.83. The van der Waals surface area contributed by atoms with E-state index < -0.39 is 34.8 Å². The molecule has 1 aromatic rings. The monoisotopic (exact) mass is 389 g/mol. The van der Waals surface area contributed by atoms with Crippen molar-refractivity contribution in [3.05, 3.63) is 35.4 Å². The molecule has 0 aliphatic heterocycles. The average molecular weight is 389 g/mol. The molecule has 2 amide bonds. The molecule has 0 saturated heterocycles. The van der Waals surface area contributed by atoms with Crippen molar-refractivity contribution in [1.82, 2.24) is 10.9 Å². The fourth-order valence-electron chi connectivity index (χ4n) is 2.12. The first kappa shape index (κ1) is 22.2. The number of hydrazine groups is 1. The van der Waals surface area contributed by atoms with Gasteiger partial charge in [0.2, 0.25) is 0 Å². The van der Waals surface area contributed by atoms with Crippen LogP contribution in [0.1, 0.15) is 39.7 Å². The van der Waals surface area contributed by atoms with Gasteiger partial charge >= 0.3 is 6.09 Å². The molecule has 4 N–H and O–H groups in total. The molecule has 0 aromatic heterocycles. The van der Waals surface area contributed by atoms with Gasteiger partial charge in [0.25, 0.3) is 5.91 Å². The number of halogens is 2. The van der Waals surface area contributed by atoms with Gasteiger partial charge in [0.05, 0.1) is 0 Å². The number of hydrogen-bond acceptors (Lipinski definition) is 5. The molecule has 146 valence electrons. The Morgan fingerprint density at radius 1 is 1.23 bits per heavy atom. The Morgan fingerprint density at radius 3 is 2.42 bits per heavy atom. The maximum atomic E-state index is 14.2. The third-order valence-corrected chi connectivity index (χ3v) is 4.24. The Labute approximate surface area is 156 Å². The molecule has 26 heavy (non-hydrogen) atoms. The highest BCUT2D eigenvalue weighted by Gasteiger charge is 2.38. The summed E-state index contributed by atoms with van der Waals surface area (Å²) in [5.74, 6) is -1.26. The lowest BCUT2D eigenvalue weighted by molar-refractivity contribution is -0.128. The maximum absolute atomic E-state index is 14.2. The Bertz CT molecular complexity index is 653. The molecule has 1 aromatic carbocycles. The molecule has 0 radical (unpaired) electrons. The second-order valence-corrected chi connectivity index (χ2v) is 8.02. The normalized spacial score (nSPS) is 13.7. The Balaban J connectivity index is 2.97. The minimum Gasteiger partial charge on any atom is -0.443 e. The fraction of sp³-hybridized carbons (Fsp3) is 0.529. The SMILES string of the molecule is CCSCC[C@](N)(C(=O)NNC(=O)OC(C)(C)C)c1ccc(F)cc1F. The summed E-state index contributed by atoms with van der Waals surface area (Å²) in [7, 11) is 0. The van der Waals surface area contributed by atoms with Gasteiger partial charge in [-0.2, -0.15) is 11.8 Å². The van der Waals surface area contributed by atoms with E-state index >= 15 is 0 Å². The van der Waals surface area contributed by atoms with Crippen LogP contribution in [0, 0.1) is 11.6 Å². The molecule has 0 aliphatic carbocycles. The standard InChI is InChI=1S/C17H25F2N3O3S/c1-5-26-9-8-17(20,12-7-6-11(18)10-13(12)19)14(23)21-22-15(24)25-16(2,3)4/h6-7,10H,5,8-9,20H2,1-4H3,(H,21,23)(H,22,24)/t17-/m1/s1. The highest BCUT2D eigenvalue weighted by molar-refractivity contribution is 7.99. The van der Waals surface area contributed by atoms with Crippen LogP contribution in [-0.2, 0) is 15.1 Å². The van der Waals surface area contributed by atoms with E-state index in [1.165, 1.54) is 11.8 Å². The van der Waals surface area contributed by atoms with E-state index in [1.54, 1.807) is 20.8 Å². The third-order valence-electron chi connectivity index (χ3n) is 3.34. The summed E-state index contributed by atoms with van der Waals surface area (Å²) in [4.78, 5) is 24.3. The number of hydrogen-bond donors (Lipinski definition) is 3. The van der Waals surface area contributed by atoms with Crippen molar-refractivity contribution in [2.24, 2.45) is 5.73 Å². The van der Waals surface area contributed by atoms with Gasteiger partial charge < -0.3 is 10.5 Å². The summed E-state index contributed by atoms with van der Waals surface area (Å²) in [6.45, 7) is 6.93. The van der Waals surface area contributed by atoms with Crippen molar-refractivity contribution in [3.63, 3.8) is 0 Å². The summed E-state index contributed by atoms with van der Waals surface area (Å²) in [6.07, 6.45) is -0.786. The van der Waals surface area contributed by atoms with Crippen molar-refractivity contribution < 1.29 is 23.1 Å². The molecule has 0 spiro atoms. The molecule has 0 fully saturated rings. The summed E-state index contributed by atoms with van der Waals surface area (Å²) < 4.78 is 32.4. The van der Waals surface area contributed by atoms with Crippen LogP contribution in [0.4, 0.5) is 13.6 Å². The van der Waals surface area contributed by atoms with Crippen LogP contribution < -0.4 is 16.6 Å². The van der Waals surface area contributed by atoms with Gasteiger partial charge in [0.15, 0.2) is 0 Å². The zero-order valence-corrected chi connectivity index (χ0v) is 16.1. The molecule has 0 bridgehead atoms. The Hall–Kier alpha value is -1.87. The van der Waals surface area contributed by atoms with Gasteiger partial charge in [-0.05, 0) is 44.8 Å². The van der Waals surface area contributed by atoms with Crippen molar-refractivity contribution in [2.75, 3.05) is 11.5 Å². The lowest BCUT2D eigenvalue weighted by Gasteiger charge is -2.29. The van der Waals surface area contributed by atoms with Crippen molar-refractivity contribution in [3.8, 4) is 0 Å². The van der Waals surface area contributed by atoms with Gasteiger partial charge in [0, 0.05) is 11.6 Å². The van der Waals surface area contributed by atoms with Crippen molar-refractivity contribution in [1.29, 1.82) is 0 Å². The van der Waals surface area contributed by atoms with E-state index in [0.29, 0.717) is 11.8 Å². The molecule has 0 aliphatic rings. The second-order valence-electron chi connectivity index (χ2n) is 6.62. The highest BCUT2D eigenvalue weighted by Crippen LogP contribution is 2.27. The molecular weight excluding hydrogens is 364 g/mol. The predicted octanol–water partition coefficient (Wildman–Crippen LogP) is 2.82. The lowest BCUT2D eigenvalue weighted by atomic mass is 9.87. The van der Waals surface area contributed by atoms with Gasteiger partial charge in [-0.15, -0.1) is 0 Å². The Morgan fingerprint density at radius 2 is 1.88 bits per heavy atom. The van der Waals surface area contributed by atoms with Gasteiger partial charge in [-0.25, -0.2) is 19.0 Å². The molecule has 0 unspecified atom stereocenters. The molecule has 0 saturated carbocycles. The minimum absolute atomic E-state index is 0.0931. The van der Waals surface area contributed by atoms with Crippen LogP contribution in [0.3, 0.4) is 0 Å². The number of nitrogens with two attached hydrogens (primary N) is 1. The van der Waals surface area contributed by atoms with E-state index in [-0.39, 0.29) is 12.0 Å². The zero-order chi connectivity index (χ0) is 20.0. The predicted molar refractivity (Wildman–Crippen MR) is 97.4 cm³/mol. The number of rotatable bonds is 6. The van der Waals surface area contributed by atoms with Crippen LogP contribution in [-0.4, -0.2) is 29.1 Å². The number of carbonyl (C=O) groups is 2. The van der Waals surface area contributed by atoms with E-state index in [1.807, 2.05) is 6.92 Å². The summed E-state index contributed by atoms with van der Waals surface area (Å²) in [6, 6.07) is 2.83. The first-order valence-corrected chi connectivity index (χ1v) is 9.26. The van der Waals surface area contributed by atoms with Crippen molar-refractivity contribution in [2.45, 2.75) is 45.3 Å². The average Bonchev–Trinajstić information content (AvgIpc) is 2.50. The molecule has 0 heterocycles. The smallest absolute Gasteiger partial charge is 0.426 e. The fourth-order valence-corrected chi connectivity index (χ4v) is 2.88. The summed E-state index contributed by atoms with van der Waals surface area (Å²) >= 11 is 1.52. The number of nitrogens with one attached hydrogen (secondary N) is 2. The first-order chi connectivity index (χ1) is 12.0. The first-order valence-electron chi connectivity index (χ1n) is 8.11. The molecule has 1 rings (SSSR count). The van der Waals surface area contributed by atoms with E-state index in [9.17, 15) is 18.4 Å². The largest absolute Gasteiger partial charge is 0.443 e. The quantitative estimate of drug-likeness (QED) is 0.514. The van der Waals surface area contributed by atoms with Crippen LogP contribution in [0.5, 0.6) is 0 Å².